The van der Waals surface area contributed by atoms with Crippen molar-refractivity contribution in [2.24, 2.45) is 11.8 Å². The first-order valence-corrected chi connectivity index (χ1v) is 9.75. The summed E-state index contributed by atoms with van der Waals surface area (Å²) in [6.45, 7) is 2.97. The standard InChI is InChI=1S/C21H22N2O2/c24-18-10-16-19-13-9-17-21(6-7-22(17)11-12(13)5-8-25-16)14-3-1-2-4-15(14)23(18)20(19)21/h1-5,13,16-17,19-20H,6-11H2/t13?,16?,17?,19?,20-,21?/m0/s1. The second-order valence-electron chi connectivity index (χ2n) is 8.78. The monoisotopic (exact) mass is 334 g/mol. The zero-order valence-corrected chi connectivity index (χ0v) is 14.2. The number of benzene rings is 1. The van der Waals surface area contributed by atoms with Gasteiger partial charge < -0.3 is 9.64 Å². The van der Waals surface area contributed by atoms with Gasteiger partial charge in [-0.05, 0) is 36.9 Å². The average molecular weight is 334 g/mol. The van der Waals surface area contributed by atoms with Crippen LogP contribution in [-0.4, -0.2) is 48.7 Å². The van der Waals surface area contributed by atoms with Gasteiger partial charge >= 0.3 is 0 Å². The van der Waals surface area contributed by atoms with Crippen molar-refractivity contribution in [2.45, 2.75) is 42.9 Å². The topological polar surface area (TPSA) is 32.8 Å². The van der Waals surface area contributed by atoms with E-state index in [-0.39, 0.29) is 17.4 Å². The number of ether oxygens (including phenoxy) is 1. The number of carbonyl (C=O) groups excluding carboxylic acids is 1. The predicted molar refractivity (Wildman–Crippen MR) is 93.4 cm³/mol. The molecule has 5 unspecified atom stereocenters. The smallest absolute Gasteiger partial charge is 0.229 e. The van der Waals surface area contributed by atoms with Gasteiger partial charge in [0.2, 0.25) is 5.91 Å². The molecule has 0 N–H and O–H groups in total. The van der Waals surface area contributed by atoms with Crippen LogP contribution in [0.3, 0.4) is 0 Å². The number of hydrogen-bond donors (Lipinski definition) is 0. The summed E-state index contributed by atoms with van der Waals surface area (Å²) in [7, 11) is 0. The highest BCUT2D eigenvalue weighted by Crippen LogP contribution is 2.65. The maximum absolute atomic E-state index is 13.2. The third kappa shape index (κ3) is 1.33. The summed E-state index contributed by atoms with van der Waals surface area (Å²) < 4.78 is 6.25. The van der Waals surface area contributed by atoms with E-state index in [1.165, 1.54) is 30.6 Å². The minimum atomic E-state index is 0.104. The van der Waals surface area contributed by atoms with Crippen molar-refractivity contribution < 1.29 is 9.53 Å². The molecule has 1 aromatic rings. The summed E-state index contributed by atoms with van der Waals surface area (Å²) in [5.41, 5.74) is 4.35. The van der Waals surface area contributed by atoms with E-state index in [2.05, 4.69) is 40.1 Å². The van der Waals surface area contributed by atoms with E-state index in [1.807, 2.05) is 0 Å². The Hall–Kier alpha value is -1.65. The van der Waals surface area contributed by atoms with Crippen molar-refractivity contribution >= 4 is 11.6 Å². The van der Waals surface area contributed by atoms with Crippen molar-refractivity contribution in [2.75, 3.05) is 24.6 Å². The highest BCUT2D eigenvalue weighted by molar-refractivity contribution is 5.99. The van der Waals surface area contributed by atoms with E-state index in [1.54, 1.807) is 5.57 Å². The first kappa shape index (κ1) is 13.5. The van der Waals surface area contributed by atoms with E-state index in [4.69, 9.17) is 4.74 Å². The lowest BCUT2D eigenvalue weighted by molar-refractivity contribution is -0.132. The normalized spacial score (nSPS) is 45.9. The molecule has 4 fully saturated rings. The van der Waals surface area contributed by atoms with Crippen LogP contribution < -0.4 is 4.90 Å². The van der Waals surface area contributed by atoms with Crippen molar-refractivity contribution in [1.82, 2.24) is 4.90 Å². The number of piperidine rings is 2. The fourth-order valence-electron chi connectivity index (χ4n) is 7.51. The van der Waals surface area contributed by atoms with Crippen LogP contribution >= 0.6 is 0 Å². The minimum Gasteiger partial charge on any atom is -0.373 e. The molecule has 25 heavy (non-hydrogen) atoms. The zero-order valence-electron chi connectivity index (χ0n) is 14.2. The quantitative estimate of drug-likeness (QED) is 0.681. The Morgan fingerprint density at radius 1 is 1.24 bits per heavy atom. The maximum Gasteiger partial charge on any atom is 0.229 e. The van der Waals surface area contributed by atoms with Gasteiger partial charge in [0.05, 0.1) is 25.2 Å². The largest absolute Gasteiger partial charge is 0.373 e. The third-order valence-electron chi connectivity index (χ3n) is 8.22. The first-order chi connectivity index (χ1) is 12.3. The van der Waals surface area contributed by atoms with Gasteiger partial charge in [0.25, 0.3) is 0 Å². The molecule has 7 rings (SSSR count). The second kappa shape index (κ2) is 4.18. The average Bonchev–Trinajstić information content (AvgIpc) is 3.10. The summed E-state index contributed by atoms with van der Waals surface area (Å²) in [5, 5.41) is 0. The van der Waals surface area contributed by atoms with Crippen LogP contribution in [0.5, 0.6) is 0 Å². The molecule has 1 aromatic carbocycles. The van der Waals surface area contributed by atoms with Gasteiger partial charge in [0.15, 0.2) is 0 Å². The Labute approximate surface area is 147 Å². The molecule has 0 aromatic heterocycles. The molecule has 6 aliphatic rings. The molecule has 4 heteroatoms. The van der Waals surface area contributed by atoms with E-state index in [0.29, 0.717) is 36.9 Å². The Morgan fingerprint density at radius 2 is 2.16 bits per heavy atom. The number of nitrogens with zero attached hydrogens (tertiary/aromatic N) is 2. The number of rotatable bonds is 0. The van der Waals surface area contributed by atoms with Gasteiger partial charge in [0.1, 0.15) is 0 Å². The molecule has 5 aliphatic heterocycles. The summed E-state index contributed by atoms with van der Waals surface area (Å²) >= 11 is 0. The molecule has 1 spiro atoms. The SMILES string of the molecule is O=C1CC2OCC=C3CN4CCC56c7ccccc7N1[C@H]5C2C3CC46. The summed E-state index contributed by atoms with van der Waals surface area (Å²) in [5.74, 6) is 1.35. The van der Waals surface area contributed by atoms with Crippen molar-refractivity contribution in [1.29, 1.82) is 0 Å². The number of fused-ring (bicyclic) bond motifs is 2. The molecule has 1 aliphatic carbocycles. The van der Waals surface area contributed by atoms with Crippen LogP contribution in [0, 0.1) is 11.8 Å². The number of anilines is 1. The maximum atomic E-state index is 13.2. The second-order valence-corrected chi connectivity index (χ2v) is 8.78. The lowest BCUT2D eigenvalue weighted by Gasteiger charge is -2.58. The summed E-state index contributed by atoms with van der Waals surface area (Å²) in [6.07, 6.45) is 5.43. The highest BCUT2D eigenvalue weighted by Gasteiger charge is 2.70. The lowest BCUT2D eigenvalue weighted by atomic mass is 9.53. The molecular formula is C21H22N2O2. The Bertz CT molecular complexity index is 848. The molecule has 4 nitrogen and oxygen atoms in total. The molecule has 1 amide bonds. The third-order valence-corrected chi connectivity index (χ3v) is 8.22. The molecule has 1 saturated carbocycles. The number of amides is 1. The van der Waals surface area contributed by atoms with E-state index < -0.39 is 0 Å². The van der Waals surface area contributed by atoms with Crippen LogP contribution in [0.1, 0.15) is 24.8 Å². The van der Waals surface area contributed by atoms with Gasteiger partial charge in [-0.15, -0.1) is 0 Å². The molecule has 3 saturated heterocycles. The number of para-hydroxylation sites is 1. The van der Waals surface area contributed by atoms with Crippen molar-refractivity contribution in [3.05, 3.63) is 41.5 Å². The first-order valence-electron chi connectivity index (χ1n) is 9.75. The van der Waals surface area contributed by atoms with Gasteiger partial charge in [-0.1, -0.05) is 29.8 Å². The number of hydrogen-bond acceptors (Lipinski definition) is 3. The fourth-order valence-corrected chi connectivity index (χ4v) is 7.51. The molecule has 6 atom stereocenters. The van der Waals surface area contributed by atoms with Crippen LogP contribution in [0.2, 0.25) is 0 Å². The van der Waals surface area contributed by atoms with Crippen LogP contribution in [0.15, 0.2) is 35.9 Å². The van der Waals surface area contributed by atoms with Gasteiger partial charge in [-0.2, -0.15) is 0 Å². The highest BCUT2D eigenvalue weighted by atomic mass is 16.5. The number of carbonyl (C=O) groups is 1. The lowest BCUT2D eigenvalue weighted by Crippen LogP contribution is -2.69. The van der Waals surface area contributed by atoms with Gasteiger partial charge in [-0.25, -0.2) is 0 Å². The van der Waals surface area contributed by atoms with Crippen LogP contribution in [-0.2, 0) is 14.9 Å². The van der Waals surface area contributed by atoms with Crippen molar-refractivity contribution in [3.63, 3.8) is 0 Å². The Balaban J connectivity index is 1.55. The zero-order chi connectivity index (χ0) is 16.3. The van der Waals surface area contributed by atoms with Crippen LogP contribution in [0.25, 0.3) is 0 Å². The van der Waals surface area contributed by atoms with E-state index >= 15 is 0 Å². The Kier molecular flexibility index (Phi) is 2.27. The predicted octanol–water partition coefficient (Wildman–Crippen LogP) is 2.09. The summed E-state index contributed by atoms with van der Waals surface area (Å²) in [6, 6.07) is 9.64. The molecule has 0 radical (unpaired) electrons. The summed E-state index contributed by atoms with van der Waals surface area (Å²) in [4.78, 5) is 18.1. The fraction of sp³-hybridized carbons (Fsp3) is 0.571. The minimum absolute atomic E-state index is 0.104. The van der Waals surface area contributed by atoms with E-state index in [0.717, 1.165) is 6.54 Å². The van der Waals surface area contributed by atoms with Gasteiger partial charge in [0, 0.05) is 29.6 Å². The molecular weight excluding hydrogens is 312 g/mol. The molecule has 128 valence electrons. The molecule has 2 bridgehead atoms. The van der Waals surface area contributed by atoms with Gasteiger partial charge in [-0.3, -0.25) is 9.69 Å². The molecule has 5 heterocycles. The van der Waals surface area contributed by atoms with Crippen LogP contribution in [0.4, 0.5) is 5.69 Å². The Morgan fingerprint density at radius 3 is 3.12 bits per heavy atom. The van der Waals surface area contributed by atoms with Crippen molar-refractivity contribution in [3.8, 4) is 0 Å². The van der Waals surface area contributed by atoms with E-state index in [9.17, 15) is 4.79 Å².